The van der Waals surface area contributed by atoms with Gasteiger partial charge < -0.3 is 15.3 Å². The Bertz CT molecular complexity index is 1240. The smallest absolute Gasteiger partial charge is 0.229 e. The standard InChI is InChI=1S/C25H25N5O2/c1-16-8-9-19-21(13-16)28-23(20-6-2-3-7-22(20)31)29-24(19)30-12-10-18(15-30)27-25(32)17-5-4-11-26-14-17/h2-4,6-9,11,13-14,17-18,31H,5,10,12,15H2,1H3,(H,27,32). The van der Waals surface area contributed by atoms with Crippen molar-refractivity contribution in [2.24, 2.45) is 10.9 Å². The summed E-state index contributed by atoms with van der Waals surface area (Å²) >= 11 is 0. The van der Waals surface area contributed by atoms with E-state index in [4.69, 9.17) is 9.97 Å². The van der Waals surface area contributed by atoms with Crippen molar-refractivity contribution in [3.8, 4) is 17.1 Å². The predicted molar refractivity (Wildman–Crippen MR) is 126 cm³/mol. The van der Waals surface area contributed by atoms with E-state index in [0.29, 0.717) is 24.4 Å². The number of amides is 1. The number of nitrogens with zero attached hydrogens (tertiary/aromatic N) is 4. The molecule has 0 aliphatic carbocycles. The lowest BCUT2D eigenvalue weighted by Gasteiger charge is -2.21. The lowest BCUT2D eigenvalue weighted by atomic mass is 10.0. The van der Waals surface area contributed by atoms with Crippen molar-refractivity contribution >= 4 is 28.8 Å². The number of anilines is 1. The highest BCUT2D eigenvalue weighted by Gasteiger charge is 2.28. The van der Waals surface area contributed by atoms with E-state index in [2.05, 4.69) is 21.3 Å². The minimum absolute atomic E-state index is 0.0167. The fourth-order valence-electron chi connectivity index (χ4n) is 4.28. The summed E-state index contributed by atoms with van der Waals surface area (Å²) in [6, 6.07) is 13.3. The number of benzene rings is 2. The van der Waals surface area contributed by atoms with E-state index in [1.807, 2.05) is 37.3 Å². The zero-order chi connectivity index (χ0) is 22.1. The van der Waals surface area contributed by atoms with Crippen molar-refractivity contribution in [2.45, 2.75) is 25.8 Å². The maximum Gasteiger partial charge on any atom is 0.229 e. The maximum atomic E-state index is 12.6. The lowest BCUT2D eigenvalue weighted by molar-refractivity contribution is -0.123. The molecule has 0 radical (unpaired) electrons. The molecule has 2 aliphatic rings. The van der Waals surface area contributed by atoms with E-state index in [1.165, 1.54) is 0 Å². The molecule has 162 valence electrons. The number of aliphatic imine (C=N–C) groups is 1. The molecule has 2 N–H and O–H groups in total. The zero-order valence-corrected chi connectivity index (χ0v) is 17.9. The van der Waals surface area contributed by atoms with Crippen molar-refractivity contribution in [3.05, 3.63) is 60.3 Å². The molecule has 5 rings (SSSR count). The molecule has 7 heteroatoms. The van der Waals surface area contributed by atoms with Crippen LogP contribution in [-0.2, 0) is 4.79 Å². The number of carbonyl (C=O) groups is 1. The summed E-state index contributed by atoms with van der Waals surface area (Å²) in [6.45, 7) is 3.49. The molecule has 32 heavy (non-hydrogen) atoms. The van der Waals surface area contributed by atoms with Gasteiger partial charge in [-0.05, 0) is 49.6 Å². The molecule has 1 aromatic heterocycles. The van der Waals surface area contributed by atoms with Gasteiger partial charge in [0.1, 0.15) is 11.6 Å². The number of rotatable bonds is 4. The summed E-state index contributed by atoms with van der Waals surface area (Å²) in [5.74, 6) is 1.29. The quantitative estimate of drug-likeness (QED) is 0.664. The molecule has 2 aliphatic heterocycles. The molecule has 1 saturated heterocycles. The van der Waals surface area contributed by atoms with Gasteiger partial charge in [-0.2, -0.15) is 0 Å². The summed E-state index contributed by atoms with van der Waals surface area (Å²) in [7, 11) is 0. The first-order valence-corrected chi connectivity index (χ1v) is 10.9. The first-order valence-electron chi connectivity index (χ1n) is 10.9. The van der Waals surface area contributed by atoms with Crippen molar-refractivity contribution in [1.82, 2.24) is 15.3 Å². The first-order chi connectivity index (χ1) is 15.6. The van der Waals surface area contributed by atoms with Crippen LogP contribution in [0.15, 0.2) is 59.7 Å². The van der Waals surface area contributed by atoms with Crippen LogP contribution in [0.5, 0.6) is 5.75 Å². The van der Waals surface area contributed by atoms with E-state index in [0.717, 1.165) is 35.2 Å². The number of phenols is 1. The van der Waals surface area contributed by atoms with Crippen LogP contribution >= 0.6 is 0 Å². The highest BCUT2D eigenvalue weighted by atomic mass is 16.3. The molecule has 1 amide bonds. The second kappa shape index (κ2) is 8.42. The van der Waals surface area contributed by atoms with Crippen LogP contribution < -0.4 is 10.2 Å². The third-order valence-electron chi connectivity index (χ3n) is 6.00. The van der Waals surface area contributed by atoms with E-state index in [-0.39, 0.29) is 23.6 Å². The number of nitrogens with one attached hydrogen (secondary N) is 1. The summed E-state index contributed by atoms with van der Waals surface area (Å²) in [5.41, 5.74) is 2.55. The fourth-order valence-corrected chi connectivity index (χ4v) is 4.28. The van der Waals surface area contributed by atoms with Crippen molar-refractivity contribution in [3.63, 3.8) is 0 Å². The SMILES string of the molecule is Cc1ccc2c(N3CCC(NC(=O)C4C=NC=CC4)C3)nc(-c3ccccc3O)nc2c1. The fraction of sp³-hybridized carbons (Fsp3) is 0.280. The molecule has 2 aromatic carbocycles. The zero-order valence-electron chi connectivity index (χ0n) is 17.9. The third-order valence-corrected chi connectivity index (χ3v) is 6.00. The molecule has 0 spiro atoms. The second-order valence-corrected chi connectivity index (χ2v) is 8.37. The number of allylic oxidation sites excluding steroid dienone is 1. The molecular weight excluding hydrogens is 402 g/mol. The summed E-state index contributed by atoms with van der Waals surface area (Å²) in [6.07, 6.45) is 6.88. The Hall–Kier alpha value is -3.74. The van der Waals surface area contributed by atoms with Gasteiger partial charge in [0.25, 0.3) is 0 Å². The number of hydrogen-bond acceptors (Lipinski definition) is 6. The van der Waals surface area contributed by atoms with Crippen LogP contribution in [0, 0.1) is 12.8 Å². The number of fused-ring (bicyclic) bond motifs is 1. The Morgan fingerprint density at radius 3 is 2.88 bits per heavy atom. The number of aromatic nitrogens is 2. The number of aromatic hydroxyl groups is 1. The molecule has 2 atom stereocenters. The highest BCUT2D eigenvalue weighted by molar-refractivity contribution is 5.95. The molecule has 2 unspecified atom stereocenters. The average molecular weight is 428 g/mol. The van der Waals surface area contributed by atoms with Gasteiger partial charge >= 0.3 is 0 Å². The topological polar surface area (TPSA) is 90.7 Å². The van der Waals surface area contributed by atoms with Gasteiger partial charge in [-0.15, -0.1) is 0 Å². The Kier molecular flexibility index (Phi) is 5.31. The van der Waals surface area contributed by atoms with E-state index in [9.17, 15) is 9.90 Å². The number of para-hydroxylation sites is 1. The largest absolute Gasteiger partial charge is 0.507 e. The number of phenolic OH excluding ortho intramolecular Hbond substituents is 1. The van der Waals surface area contributed by atoms with E-state index >= 15 is 0 Å². The minimum atomic E-state index is -0.204. The predicted octanol–water partition coefficient (Wildman–Crippen LogP) is 3.61. The van der Waals surface area contributed by atoms with Gasteiger partial charge in [0.15, 0.2) is 5.82 Å². The number of aryl methyl sites for hydroxylation is 1. The van der Waals surface area contributed by atoms with Gasteiger partial charge in [-0.3, -0.25) is 9.79 Å². The molecular formula is C25H25N5O2. The summed E-state index contributed by atoms with van der Waals surface area (Å²) in [4.78, 5) is 28.5. The second-order valence-electron chi connectivity index (χ2n) is 8.37. The van der Waals surface area contributed by atoms with Crippen LogP contribution in [0.1, 0.15) is 18.4 Å². The van der Waals surface area contributed by atoms with E-state index in [1.54, 1.807) is 24.5 Å². The molecule has 1 fully saturated rings. The summed E-state index contributed by atoms with van der Waals surface area (Å²) < 4.78 is 0. The van der Waals surface area contributed by atoms with Crippen LogP contribution in [0.25, 0.3) is 22.3 Å². The number of carbonyl (C=O) groups excluding carboxylic acids is 1. The van der Waals surface area contributed by atoms with Crippen molar-refractivity contribution in [2.75, 3.05) is 18.0 Å². The van der Waals surface area contributed by atoms with Gasteiger partial charge in [0, 0.05) is 36.9 Å². The van der Waals surface area contributed by atoms with Gasteiger partial charge in [-0.1, -0.05) is 24.3 Å². The van der Waals surface area contributed by atoms with Crippen LogP contribution in [0.2, 0.25) is 0 Å². The monoisotopic (exact) mass is 427 g/mol. The third kappa shape index (κ3) is 3.93. The minimum Gasteiger partial charge on any atom is -0.507 e. The summed E-state index contributed by atoms with van der Waals surface area (Å²) in [5, 5.41) is 14.5. The van der Waals surface area contributed by atoms with Crippen molar-refractivity contribution < 1.29 is 9.90 Å². The molecule has 3 heterocycles. The average Bonchev–Trinajstić information content (AvgIpc) is 3.27. The van der Waals surface area contributed by atoms with E-state index < -0.39 is 0 Å². The lowest BCUT2D eigenvalue weighted by Crippen LogP contribution is -2.41. The van der Waals surface area contributed by atoms with Gasteiger partial charge in [0.2, 0.25) is 5.91 Å². The molecule has 0 bridgehead atoms. The highest BCUT2D eigenvalue weighted by Crippen LogP contribution is 2.33. The Labute approximate surface area is 186 Å². The van der Waals surface area contributed by atoms with Crippen LogP contribution in [0.4, 0.5) is 5.82 Å². The Morgan fingerprint density at radius 1 is 1.19 bits per heavy atom. The molecule has 3 aromatic rings. The Balaban J connectivity index is 1.44. The van der Waals surface area contributed by atoms with Crippen LogP contribution in [-0.4, -0.2) is 46.3 Å². The normalized spacial score (nSPS) is 20.1. The number of hydrogen-bond donors (Lipinski definition) is 2. The van der Waals surface area contributed by atoms with Gasteiger partial charge in [0.05, 0.1) is 17.0 Å². The first kappa shape index (κ1) is 20.2. The van der Waals surface area contributed by atoms with Crippen LogP contribution in [0.3, 0.4) is 0 Å². The van der Waals surface area contributed by atoms with Crippen molar-refractivity contribution in [1.29, 1.82) is 0 Å². The Morgan fingerprint density at radius 2 is 2.06 bits per heavy atom. The van der Waals surface area contributed by atoms with Gasteiger partial charge in [-0.25, -0.2) is 9.97 Å². The molecule has 0 saturated carbocycles. The molecule has 7 nitrogen and oxygen atoms in total. The maximum absolute atomic E-state index is 12.6.